The van der Waals surface area contributed by atoms with Crippen LogP contribution in [0.15, 0.2) is 4.73 Å². The molecular formula is C8H15BrN4O. The molecule has 80 valence electrons. The summed E-state index contributed by atoms with van der Waals surface area (Å²) < 4.78 is 7.73. The lowest BCUT2D eigenvalue weighted by molar-refractivity contribution is 0.100. The van der Waals surface area contributed by atoms with Gasteiger partial charge in [-0.2, -0.15) is 4.98 Å². The largest absolute Gasteiger partial charge is 0.379 e. The fourth-order valence-electron chi connectivity index (χ4n) is 0.952. The highest BCUT2D eigenvalue weighted by Gasteiger charge is 2.03. The molecule has 14 heavy (non-hydrogen) atoms. The van der Waals surface area contributed by atoms with Crippen molar-refractivity contribution in [1.29, 1.82) is 0 Å². The van der Waals surface area contributed by atoms with Crippen LogP contribution in [0.4, 0.5) is 5.95 Å². The molecule has 0 unspecified atom stereocenters. The van der Waals surface area contributed by atoms with E-state index in [-0.39, 0.29) is 5.95 Å². The van der Waals surface area contributed by atoms with Crippen molar-refractivity contribution in [3.63, 3.8) is 0 Å². The highest BCUT2D eigenvalue weighted by Crippen LogP contribution is 2.07. The maximum Gasteiger partial charge on any atom is 0.240 e. The number of ether oxygens (including phenoxy) is 1. The van der Waals surface area contributed by atoms with Gasteiger partial charge in [0.1, 0.15) is 0 Å². The van der Waals surface area contributed by atoms with Gasteiger partial charge in [0.15, 0.2) is 4.73 Å². The first-order chi connectivity index (χ1) is 6.59. The number of halogens is 1. The molecule has 0 amide bonds. The molecule has 2 N–H and O–H groups in total. The SMILES string of the molecule is CC(C)COCCn1nc(N)nc1Br. The van der Waals surface area contributed by atoms with E-state index in [4.69, 9.17) is 10.5 Å². The summed E-state index contributed by atoms with van der Waals surface area (Å²) in [4.78, 5) is 3.92. The molecule has 1 rings (SSSR count). The number of hydrogen-bond acceptors (Lipinski definition) is 4. The minimum atomic E-state index is 0.278. The first-order valence-corrected chi connectivity index (χ1v) is 5.32. The van der Waals surface area contributed by atoms with E-state index < -0.39 is 0 Å². The predicted octanol–water partition coefficient (Wildman–Crippen LogP) is 1.30. The Morgan fingerprint density at radius 1 is 1.57 bits per heavy atom. The summed E-state index contributed by atoms with van der Waals surface area (Å²) in [5.74, 6) is 0.833. The third-order valence-corrected chi connectivity index (χ3v) is 2.13. The summed E-state index contributed by atoms with van der Waals surface area (Å²) >= 11 is 3.25. The molecule has 0 saturated heterocycles. The maximum absolute atomic E-state index is 5.42. The van der Waals surface area contributed by atoms with E-state index in [2.05, 4.69) is 39.9 Å². The van der Waals surface area contributed by atoms with Gasteiger partial charge < -0.3 is 10.5 Å². The normalized spacial score (nSPS) is 11.1. The standard InChI is InChI=1S/C8H15BrN4O/c1-6(2)5-14-4-3-13-7(9)11-8(10)12-13/h6H,3-5H2,1-2H3,(H2,10,12). The molecular weight excluding hydrogens is 248 g/mol. The van der Waals surface area contributed by atoms with Crippen LogP contribution in [-0.4, -0.2) is 28.0 Å². The molecule has 1 heterocycles. The maximum atomic E-state index is 5.42. The molecule has 0 radical (unpaired) electrons. The fraction of sp³-hybridized carbons (Fsp3) is 0.750. The molecule has 0 fully saturated rings. The zero-order valence-electron chi connectivity index (χ0n) is 8.40. The van der Waals surface area contributed by atoms with Gasteiger partial charge in [-0.1, -0.05) is 13.8 Å². The highest BCUT2D eigenvalue weighted by atomic mass is 79.9. The molecule has 1 aromatic rings. The second kappa shape index (κ2) is 5.31. The van der Waals surface area contributed by atoms with Crippen LogP contribution in [-0.2, 0) is 11.3 Å². The summed E-state index contributed by atoms with van der Waals surface area (Å²) in [6.07, 6.45) is 0. The van der Waals surface area contributed by atoms with E-state index in [0.29, 0.717) is 23.8 Å². The number of anilines is 1. The van der Waals surface area contributed by atoms with Gasteiger partial charge in [-0.25, -0.2) is 4.68 Å². The van der Waals surface area contributed by atoms with Gasteiger partial charge in [0.05, 0.1) is 13.2 Å². The van der Waals surface area contributed by atoms with Gasteiger partial charge in [-0.3, -0.25) is 0 Å². The van der Waals surface area contributed by atoms with Crippen molar-refractivity contribution in [2.75, 3.05) is 18.9 Å². The van der Waals surface area contributed by atoms with Crippen molar-refractivity contribution in [3.05, 3.63) is 4.73 Å². The van der Waals surface area contributed by atoms with Crippen LogP contribution < -0.4 is 5.73 Å². The number of aromatic nitrogens is 3. The first kappa shape index (κ1) is 11.5. The van der Waals surface area contributed by atoms with Crippen LogP contribution in [0.3, 0.4) is 0 Å². The lowest BCUT2D eigenvalue weighted by atomic mass is 10.2. The summed E-state index contributed by atoms with van der Waals surface area (Å²) in [5.41, 5.74) is 5.42. The van der Waals surface area contributed by atoms with Gasteiger partial charge in [-0.05, 0) is 21.8 Å². The Labute approximate surface area is 91.8 Å². The molecule has 0 aliphatic heterocycles. The van der Waals surface area contributed by atoms with Gasteiger partial charge >= 0.3 is 0 Å². The third kappa shape index (κ3) is 3.63. The van der Waals surface area contributed by atoms with Gasteiger partial charge in [0, 0.05) is 6.61 Å². The van der Waals surface area contributed by atoms with E-state index >= 15 is 0 Å². The van der Waals surface area contributed by atoms with E-state index in [1.165, 1.54) is 0 Å². The van der Waals surface area contributed by atoms with E-state index in [0.717, 1.165) is 6.61 Å². The fourth-order valence-corrected chi connectivity index (χ4v) is 1.39. The zero-order valence-corrected chi connectivity index (χ0v) is 9.99. The summed E-state index contributed by atoms with van der Waals surface area (Å²) in [5, 5.41) is 3.98. The first-order valence-electron chi connectivity index (χ1n) is 4.53. The average Bonchev–Trinajstić information content (AvgIpc) is 2.39. The molecule has 0 aromatic carbocycles. The van der Waals surface area contributed by atoms with Crippen molar-refractivity contribution in [2.45, 2.75) is 20.4 Å². The molecule has 6 heteroatoms. The van der Waals surface area contributed by atoms with Gasteiger partial charge in [0.2, 0.25) is 5.95 Å². The Hall–Kier alpha value is -0.620. The van der Waals surface area contributed by atoms with Crippen LogP contribution in [0.2, 0.25) is 0 Å². The van der Waals surface area contributed by atoms with Gasteiger partial charge in [-0.15, -0.1) is 5.10 Å². The predicted molar refractivity (Wildman–Crippen MR) is 57.8 cm³/mol. The molecule has 0 saturated carbocycles. The molecule has 0 atom stereocenters. The smallest absolute Gasteiger partial charge is 0.240 e. The highest BCUT2D eigenvalue weighted by molar-refractivity contribution is 9.10. The number of hydrogen-bond donors (Lipinski definition) is 1. The van der Waals surface area contributed by atoms with Crippen molar-refractivity contribution in [1.82, 2.24) is 14.8 Å². The summed E-state index contributed by atoms with van der Waals surface area (Å²) in [7, 11) is 0. The molecule has 0 bridgehead atoms. The second-order valence-electron chi connectivity index (χ2n) is 3.43. The monoisotopic (exact) mass is 262 g/mol. The van der Waals surface area contributed by atoms with Crippen LogP contribution >= 0.6 is 15.9 Å². The van der Waals surface area contributed by atoms with Crippen LogP contribution in [0.25, 0.3) is 0 Å². The van der Waals surface area contributed by atoms with Crippen LogP contribution in [0.1, 0.15) is 13.8 Å². The van der Waals surface area contributed by atoms with E-state index in [1.54, 1.807) is 4.68 Å². The minimum Gasteiger partial charge on any atom is -0.379 e. The van der Waals surface area contributed by atoms with Crippen LogP contribution in [0.5, 0.6) is 0 Å². The van der Waals surface area contributed by atoms with Crippen molar-refractivity contribution in [3.8, 4) is 0 Å². The summed E-state index contributed by atoms with van der Waals surface area (Å²) in [6.45, 7) is 6.28. The number of nitrogens with zero attached hydrogens (tertiary/aromatic N) is 3. The van der Waals surface area contributed by atoms with E-state index in [9.17, 15) is 0 Å². The number of nitrogens with two attached hydrogens (primary N) is 1. The molecule has 0 aliphatic carbocycles. The quantitative estimate of drug-likeness (QED) is 0.813. The molecule has 5 nitrogen and oxygen atoms in total. The Kier molecular flexibility index (Phi) is 4.34. The van der Waals surface area contributed by atoms with Crippen molar-refractivity contribution < 1.29 is 4.74 Å². The Balaban J connectivity index is 2.28. The number of rotatable bonds is 5. The second-order valence-corrected chi connectivity index (χ2v) is 4.14. The molecule has 0 aliphatic rings. The third-order valence-electron chi connectivity index (χ3n) is 1.54. The Morgan fingerprint density at radius 3 is 2.79 bits per heavy atom. The van der Waals surface area contributed by atoms with Gasteiger partial charge in [0.25, 0.3) is 0 Å². The lowest BCUT2D eigenvalue weighted by Crippen LogP contribution is -2.10. The lowest BCUT2D eigenvalue weighted by Gasteiger charge is -2.06. The van der Waals surface area contributed by atoms with Crippen molar-refractivity contribution >= 4 is 21.9 Å². The number of nitrogen functional groups attached to an aromatic ring is 1. The summed E-state index contributed by atoms with van der Waals surface area (Å²) in [6, 6.07) is 0. The zero-order chi connectivity index (χ0) is 10.6. The molecule has 0 spiro atoms. The topological polar surface area (TPSA) is 66.0 Å². The minimum absolute atomic E-state index is 0.278. The average molecular weight is 263 g/mol. The van der Waals surface area contributed by atoms with Crippen molar-refractivity contribution in [2.24, 2.45) is 5.92 Å². The molecule has 1 aromatic heterocycles. The van der Waals surface area contributed by atoms with E-state index in [1.807, 2.05) is 0 Å². The Bertz CT molecular complexity index is 287. The van der Waals surface area contributed by atoms with Crippen LogP contribution in [0, 0.1) is 5.92 Å². The Morgan fingerprint density at radius 2 is 2.29 bits per heavy atom.